The Morgan fingerprint density at radius 1 is 0.984 bits per heavy atom. The van der Waals surface area contributed by atoms with Crippen LogP contribution in [0.4, 0.5) is 40.7 Å². The van der Waals surface area contributed by atoms with Gasteiger partial charge in [-0.25, -0.2) is 22.5 Å². The zero-order valence-corrected chi connectivity index (χ0v) is 34.6. The molecule has 0 spiro atoms. The number of imide groups is 1. The van der Waals surface area contributed by atoms with Crippen LogP contribution in [0.25, 0.3) is 21.8 Å². The Morgan fingerprint density at radius 2 is 1.76 bits per heavy atom. The molecule has 1 unspecified atom stereocenters. The van der Waals surface area contributed by atoms with Crippen LogP contribution in [0.1, 0.15) is 74.5 Å². The van der Waals surface area contributed by atoms with Gasteiger partial charge in [-0.2, -0.15) is 10.1 Å². The molecule has 7 heterocycles. The summed E-state index contributed by atoms with van der Waals surface area (Å²) in [6.45, 7) is 2.82. The van der Waals surface area contributed by atoms with E-state index in [1.54, 1.807) is 31.4 Å². The zero-order chi connectivity index (χ0) is 43.0. The monoisotopic (exact) mass is 876 g/mol. The van der Waals surface area contributed by atoms with Gasteiger partial charge in [0.2, 0.25) is 23.5 Å². The number of pyridine rings is 1. The summed E-state index contributed by atoms with van der Waals surface area (Å²) in [5, 5.41) is 16.5. The Hall–Kier alpha value is -5.49. The number of carbonyl (C=O) groups is 2. The van der Waals surface area contributed by atoms with E-state index >= 15 is 17.6 Å². The van der Waals surface area contributed by atoms with Crippen LogP contribution in [0.3, 0.4) is 0 Å². The normalized spacial score (nSPS) is 22.6. The second-order valence-corrected chi connectivity index (χ2v) is 17.8. The summed E-state index contributed by atoms with van der Waals surface area (Å²) in [5.41, 5.74) is 1.24. The van der Waals surface area contributed by atoms with Crippen LogP contribution in [0.5, 0.6) is 5.75 Å². The van der Waals surface area contributed by atoms with Crippen molar-refractivity contribution in [3.8, 4) is 5.75 Å². The van der Waals surface area contributed by atoms with E-state index in [0.29, 0.717) is 83.8 Å². The van der Waals surface area contributed by atoms with Crippen LogP contribution >= 0.6 is 11.6 Å². The molecule has 0 radical (unpaired) electrons. The number of nitrogens with zero attached hydrogens (tertiary/aromatic N) is 6. The van der Waals surface area contributed by atoms with Crippen molar-refractivity contribution in [2.24, 2.45) is 18.9 Å². The summed E-state index contributed by atoms with van der Waals surface area (Å²) in [4.78, 5) is 51.1. The fraction of sp³-hybridized carbons (Fsp3) is 0.488. The minimum atomic E-state index is -3.15. The van der Waals surface area contributed by atoms with Gasteiger partial charge in [-0.1, -0.05) is 11.6 Å². The third-order valence-electron chi connectivity index (χ3n) is 13.4. The molecule has 4 fully saturated rings. The second-order valence-electron chi connectivity index (χ2n) is 17.4. The number of ether oxygens (including phenoxy) is 1. The number of aromatic nitrogens is 5. The lowest BCUT2D eigenvalue weighted by Gasteiger charge is -2.38. The quantitative estimate of drug-likeness (QED) is 0.0969. The van der Waals surface area contributed by atoms with E-state index in [2.05, 4.69) is 40.9 Å². The minimum Gasteiger partial charge on any atom is -0.480 e. The lowest BCUT2D eigenvalue weighted by molar-refractivity contribution is -0.134. The van der Waals surface area contributed by atoms with Gasteiger partial charge in [0.15, 0.2) is 18.2 Å². The fourth-order valence-electron chi connectivity index (χ4n) is 9.83. The molecule has 0 bridgehead atoms. The molecule has 5 aromatic rings. The van der Waals surface area contributed by atoms with Crippen molar-refractivity contribution in [3.63, 3.8) is 0 Å². The summed E-state index contributed by atoms with van der Waals surface area (Å²) in [7, 11) is 1.58. The van der Waals surface area contributed by atoms with E-state index in [1.807, 2.05) is 0 Å². The number of hydrogen-bond acceptors (Lipinski definition) is 11. The number of H-pyrrole nitrogens is 1. The van der Waals surface area contributed by atoms with E-state index in [-0.39, 0.29) is 58.5 Å². The summed E-state index contributed by atoms with van der Waals surface area (Å²) < 4.78 is 68.7. The number of halogens is 5. The Kier molecular flexibility index (Phi) is 10.3. The molecule has 1 saturated carbocycles. The number of aromatic amines is 1. The van der Waals surface area contributed by atoms with Gasteiger partial charge in [0.25, 0.3) is 5.56 Å². The van der Waals surface area contributed by atoms with Gasteiger partial charge < -0.3 is 29.7 Å². The summed E-state index contributed by atoms with van der Waals surface area (Å²) in [5.74, 6) is -5.46. The molecule has 19 heteroatoms. The standard InChI is InChI=1S/C43H45ClF4N10O4/c1-56-30-6-4-24(16-26(30)36-37(41(56)61)62-20-43(47,48)38(52-36)23-2-3-23)50-39-28(44)18-49-42(53-39)58-14-8-21(9-15-58)19-57-12-10-22(11-13-57)32-29(45)17-27-34(54-55-35(27)33(32)46)25-5-7-31(59)51-40(25)60/h4,6,16-18,21-23,25,38,52H,2-3,5,7-15,19-20H2,1H3,(H,54,55)(H,49,50,53)(H,51,59,60)/t25?,38-/m0/s1. The number of carbonyl (C=O) groups excluding carboxylic acids is 2. The number of nitrogens with one attached hydrogen (secondary N) is 4. The molecule has 10 rings (SSSR count). The highest BCUT2D eigenvalue weighted by molar-refractivity contribution is 6.33. The van der Waals surface area contributed by atoms with Crippen molar-refractivity contribution in [2.45, 2.75) is 75.2 Å². The summed E-state index contributed by atoms with van der Waals surface area (Å²) >= 11 is 6.60. The van der Waals surface area contributed by atoms with Crippen LogP contribution < -0.4 is 31.1 Å². The molecule has 326 valence electrons. The molecule has 62 heavy (non-hydrogen) atoms. The van der Waals surface area contributed by atoms with Crippen LogP contribution in [0, 0.1) is 23.5 Å². The molecular formula is C43H45ClF4N10O4. The van der Waals surface area contributed by atoms with Gasteiger partial charge in [-0.3, -0.25) is 24.8 Å². The van der Waals surface area contributed by atoms with E-state index in [9.17, 15) is 14.4 Å². The molecule has 5 aliphatic rings. The number of benzene rings is 2. The number of likely N-dealkylation sites (tertiary alicyclic amines) is 1. The van der Waals surface area contributed by atoms with Crippen LogP contribution in [-0.2, 0) is 16.6 Å². The van der Waals surface area contributed by atoms with Gasteiger partial charge in [0.1, 0.15) is 16.4 Å². The lowest BCUT2D eigenvalue weighted by Crippen LogP contribution is -2.44. The second kappa shape index (κ2) is 15.7. The third kappa shape index (κ3) is 7.37. The molecule has 14 nitrogen and oxygen atoms in total. The molecule has 1 aliphatic carbocycles. The van der Waals surface area contributed by atoms with Crippen LogP contribution in [0.2, 0.25) is 5.02 Å². The number of piperidine rings is 3. The zero-order valence-electron chi connectivity index (χ0n) is 33.9. The first kappa shape index (κ1) is 40.6. The minimum absolute atomic E-state index is 0.00531. The first-order chi connectivity index (χ1) is 29.8. The number of rotatable bonds is 8. The van der Waals surface area contributed by atoms with E-state index in [4.69, 9.17) is 21.3 Å². The van der Waals surface area contributed by atoms with Crippen molar-refractivity contribution >= 4 is 68.4 Å². The van der Waals surface area contributed by atoms with E-state index in [0.717, 1.165) is 32.5 Å². The van der Waals surface area contributed by atoms with Crippen molar-refractivity contribution in [1.82, 2.24) is 34.9 Å². The maximum atomic E-state index is 15.9. The van der Waals surface area contributed by atoms with E-state index < -0.39 is 47.6 Å². The molecule has 2 aromatic carbocycles. The Bertz CT molecular complexity index is 2670. The molecular weight excluding hydrogens is 832 g/mol. The van der Waals surface area contributed by atoms with Gasteiger partial charge in [0.05, 0.1) is 35.1 Å². The predicted octanol–water partition coefficient (Wildman–Crippen LogP) is 6.71. The van der Waals surface area contributed by atoms with Crippen molar-refractivity contribution in [2.75, 3.05) is 54.9 Å². The smallest absolute Gasteiger partial charge is 0.301 e. The molecule has 4 aliphatic heterocycles. The first-order valence-electron chi connectivity index (χ1n) is 21.2. The summed E-state index contributed by atoms with van der Waals surface area (Å²) in [6, 6.07) is 5.42. The molecule has 2 atom stereocenters. The number of alkyl halides is 2. The Labute approximate surface area is 357 Å². The Balaban J connectivity index is 0.772. The van der Waals surface area contributed by atoms with Gasteiger partial charge in [0, 0.05) is 55.1 Å². The maximum absolute atomic E-state index is 15.9. The number of aryl methyl sites for hydroxylation is 1. The summed E-state index contributed by atoms with van der Waals surface area (Å²) in [6.07, 6.45) is 6.27. The largest absolute Gasteiger partial charge is 0.480 e. The van der Waals surface area contributed by atoms with Crippen LogP contribution in [0.15, 0.2) is 35.3 Å². The van der Waals surface area contributed by atoms with Crippen LogP contribution in [-0.4, -0.2) is 92.7 Å². The van der Waals surface area contributed by atoms with Crippen molar-refractivity contribution in [3.05, 3.63) is 68.7 Å². The average Bonchev–Trinajstić information content (AvgIpc) is 4.03. The number of hydrogen-bond donors (Lipinski definition) is 4. The lowest BCUT2D eigenvalue weighted by atomic mass is 9.86. The highest BCUT2D eigenvalue weighted by atomic mass is 35.5. The average molecular weight is 877 g/mol. The van der Waals surface area contributed by atoms with Crippen molar-refractivity contribution in [1.29, 1.82) is 0 Å². The Morgan fingerprint density at radius 3 is 2.50 bits per heavy atom. The molecule has 3 aromatic heterocycles. The molecule has 4 N–H and O–H groups in total. The molecule has 3 saturated heterocycles. The SMILES string of the molecule is Cn1c(=O)c2c(c3cc(Nc4nc(N5CCC(CN6CCC(c7c(F)cc8c(C9CCC(=O)NC9=O)[nH]nc8c7F)CC6)CC5)ncc4Cl)ccc31)N[C@@H](C1CC1)C(F)(F)CO2. The highest BCUT2D eigenvalue weighted by Crippen LogP contribution is 2.46. The van der Waals surface area contributed by atoms with Gasteiger partial charge in [-0.15, -0.1) is 0 Å². The van der Waals surface area contributed by atoms with Crippen molar-refractivity contribution < 1.29 is 31.9 Å². The van der Waals surface area contributed by atoms with Gasteiger partial charge in [-0.05, 0) is 100 Å². The predicted molar refractivity (Wildman–Crippen MR) is 225 cm³/mol. The fourth-order valence-corrected chi connectivity index (χ4v) is 9.97. The van der Waals surface area contributed by atoms with E-state index in [1.165, 1.54) is 10.6 Å². The molecule has 2 amide bonds. The first-order valence-corrected chi connectivity index (χ1v) is 21.6. The topological polar surface area (TPSA) is 162 Å². The maximum Gasteiger partial charge on any atom is 0.301 e. The number of anilines is 4. The highest BCUT2D eigenvalue weighted by Gasteiger charge is 2.51. The van der Waals surface area contributed by atoms with Gasteiger partial charge >= 0.3 is 5.92 Å². The third-order valence-corrected chi connectivity index (χ3v) is 13.7. The number of amides is 2. The number of fused-ring (bicyclic) bond motifs is 4.